The average molecular weight is 364 g/mol. The molecule has 1 amide bonds. The lowest BCUT2D eigenvalue weighted by molar-refractivity contribution is 0.0783. The predicted molar refractivity (Wildman–Crippen MR) is 101 cm³/mol. The normalized spacial score (nSPS) is 10.6. The fourth-order valence-electron chi connectivity index (χ4n) is 2.92. The zero-order valence-corrected chi connectivity index (χ0v) is 15.4. The Morgan fingerprint density at radius 3 is 2.63 bits per heavy atom. The fraction of sp³-hybridized carbons (Fsp3) is 0.200. The van der Waals surface area contributed by atoms with Crippen molar-refractivity contribution in [1.29, 1.82) is 0 Å². The van der Waals surface area contributed by atoms with Gasteiger partial charge in [-0.1, -0.05) is 12.1 Å². The Balaban J connectivity index is 1.85. The number of H-pyrrole nitrogens is 1. The maximum Gasteiger partial charge on any atom is 0.261 e. The van der Waals surface area contributed by atoms with Gasteiger partial charge in [0.1, 0.15) is 5.56 Å². The van der Waals surface area contributed by atoms with Gasteiger partial charge in [0.05, 0.1) is 5.69 Å². The molecule has 0 aliphatic carbocycles. The zero-order valence-electron chi connectivity index (χ0n) is 15.4. The Morgan fingerprint density at radius 2 is 1.96 bits per heavy atom. The third-order valence-electron chi connectivity index (χ3n) is 4.29. The van der Waals surface area contributed by atoms with Crippen LogP contribution in [0.3, 0.4) is 0 Å². The number of aromatic nitrogens is 3. The second-order valence-corrected chi connectivity index (χ2v) is 6.39. The number of benzene rings is 1. The molecule has 0 unspecified atom stereocenters. The first-order valence-corrected chi connectivity index (χ1v) is 8.46. The van der Waals surface area contributed by atoms with Crippen molar-refractivity contribution < 1.29 is 9.59 Å². The lowest BCUT2D eigenvalue weighted by atomic mass is 10.1. The molecule has 1 N–H and O–H groups in total. The van der Waals surface area contributed by atoms with Gasteiger partial charge in [-0.25, -0.2) is 4.68 Å². The maximum absolute atomic E-state index is 12.7. The summed E-state index contributed by atoms with van der Waals surface area (Å²) in [6.45, 7) is 3.35. The highest BCUT2D eigenvalue weighted by molar-refractivity contribution is 5.99. The minimum Gasteiger partial charge on any atom is -0.337 e. The van der Waals surface area contributed by atoms with Crippen molar-refractivity contribution in [3.8, 4) is 5.69 Å². The van der Waals surface area contributed by atoms with Gasteiger partial charge in [0, 0.05) is 37.2 Å². The first-order chi connectivity index (χ1) is 12.9. The van der Waals surface area contributed by atoms with Gasteiger partial charge in [-0.3, -0.25) is 14.4 Å². The van der Waals surface area contributed by atoms with E-state index in [0.717, 1.165) is 11.3 Å². The van der Waals surface area contributed by atoms with E-state index in [1.807, 2.05) is 36.5 Å². The van der Waals surface area contributed by atoms with Gasteiger partial charge in [-0.05, 0) is 43.7 Å². The molecule has 3 rings (SSSR count). The topological polar surface area (TPSA) is 88.1 Å². The average Bonchev–Trinajstić information content (AvgIpc) is 3.16. The molecular weight excluding hydrogens is 344 g/mol. The Hall–Kier alpha value is -3.48. The molecule has 0 bridgehead atoms. The molecule has 1 aromatic carbocycles. The molecule has 3 aromatic rings. The molecule has 27 heavy (non-hydrogen) atoms. The molecular formula is C20H20N4O3. The molecule has 0 saturated carbocycles. The van der Waals surface area contributed by atoms with Gasteiger partial charge in [-0.2, -0.15) is 5.10 Å². The summed E-state index contributed by atoms with van der Waals surface area (Å²) in [5, 5.41) is 4.19. The summed E-state index contributed by atoms with van der Waals surface area (Å²) in [6, 6.07) is 10.8. The first kappa shape index (κ1) is 18.3. The Bertz CT molecular complexity index is 1050. The van der Waals surface area contributed by atoms with E-state index in [1.54, 1.807) is 24.9 Å². The van der Waals surface area contributed by atoms with Crippen molar-refractivity contribution >= 4 is 11.7 Å². The molecule has 2 aromatic heterocycles. The summed E-state index contributed by atoms with van der Waals surface area (Å²) in [4.78, 5) is 40.7. The number of Topliss-reactive ketones (excluding diaryl/α,β-unsaturated/α-hetero) is 1. The van der Waals surface area contributed by atoms with E-state index < -0.39 is 11.5 Å². The van der Waals surface area contributed by atoms with Crippen molar-refractivity contribution in [1.82, 2.24) is 19.7 Å². The van der Waals surface area contributed by atoms with Crippen LogP contribution in [0, 0.1) is 6.92 Å². The quantitative estimate of drug-likeness (QED) is 0.704. The minimum absolute atomic E-state index is 0.0449. The standard InChI is InChI=1S/C20H20N4O3/c1-13-17(14(2)25)11-18(19(26)22-13)20(27)23(3)12-15-6-4-7-16(10-15)24-9-5-8-21-24/h4-11H,12H2,1-3H3,(H,22,26). The first-order valence-electron chi connectivity index (χ1n) is 8.46. The van der Waals surface area contributed by atoms with E-state index in [0.29, 0.717) is 17.8 Å². The van der Waals surface area contributed by atoms with E-state index >= 15 is 0 Å². The third kappa shape index (κ3) is 3.87. The Morgan fingerprint density at radius 1 is 1.19 bits per heavy atom. The summed E-state index contributed by atoms with van der Waals surface area (Å²) in [5.74, 6) is -0.643. The molecule has 2 heterocycles. The zero-order chi connectivity index (χ0) is 19.6. The van der Waals surface area contributed by atoms with Crippen LogP contribution in [0.2, 0.25) is 0 Å². The number of nitrogens with one attached hydrogen (secondary N) is 1. The number of amides is 1. The summed E-state index contributed by atoms with van der Waals surface area (Å²) in [7, 11) is 1.62. The number of nitrogens with zero attached hydrogens (tertiary/aromatic N) is 3. The molecule has 7 nitrogen and oxygen atoms in total. The van der Waals surface area contributed by atoms with Crippen molar-refractivity contribution in [2.24, 2.45) is 0 Å². The van der Waals surface area contributed by atoms with Crippen LogP contribution in [-0.2, 0) is 6.54 Å². The third-order valence-corrected chi connectivity index (χ3v) is 4.29. The molecule has 0 saturated heterocycles. The van der Waals surface area contributed by atoms with E-state index in [9.17, 15) is 14.4 Å². The van der Waals surface area contributed by atoms with E-state index in [4.69, 9.17) is 0 Å². The number of hydrogen-bond donors (Lipinski definition) is 1. The Labute approximate surface area is 156 Å². The molecule has 0 fully saturated rings. The van der Waals surface area contributed by atoms with Crippen molar-refractivity contribution in [2.75, 3.05) is 7.05 Å². The number of rotatable bonds is 5. The Kier molecular flexibility index (Phi) is 5.03. The lowest BCUT2D eigenvalue weighted by Crippen LogP contribution is -2.32. The molecule has 7 heteroatoms. The molecule has 0 atom stereocenters. The number of aryl methyl sites for hydroxylation is 1. The molecule has 0 radical (unpaired) electrons. The van der Waals surface area contributed by atoms with Crippen LogP contribution in [0.25, 0.3) is 5.69 Å². The molecule has 0 aliphatic rings. The number of ketones is 1. The van der Waals surface area contributed by atoms with Crippen LogP contribution in [0.1, 0.15) is 38.9 Å². The van der Waals surface area contributed by atoms with Crippen molar-refractivity contribution in [3.05, 3.63) is 81.5 Å². The van der Waals surface area contributed by atoms with Crippen LogP contribution in [0.4, 0.5) is 0 Å². The maximum atomic E-state index is 12.7. The SMILES string of the molecule is CC(=O)c1cc(C(=O)N(C)Cc2cccc(-n3cccn3)c2)c(=O)[nH]c1C. The van der Waals surface area contributed by atoms with E-state index in [-0.39, 0.29) is 11.3 Å². The predicted octanol–water partition coefficient (Wildman–Crippen LogP) is 2.34. The van der Waals surface area contributed by atoms with Crippen LogP contribution in [0.5, 0.6) is 0 Å². The monoisotopic (exact) mass is 364 g/mol. The van der Waals surface area contributed by atoms with Gasteiger partial charge in [0.2, 0.25) is 0 Å². The highest BCUT2D eigenvalue weighted by Crippen LogP contribution is 2.13. The van der Waals surface area contributed by atoms with Crippen LogP contribution >= 0.6 is 0 Å². The summed E-state index contributed by atoms with van der Waals surface area (Å²) in [6.07, 6.45) is 3.53. The minimum atomic E-state index is -0.500. The highest BCUT2D eigenvalue weighted by atomic mass is 16.2. The molecule has 138 valence electrons. The highest BCUT2D eigenvalue weighted by Gasteiger charge is 2.19. The van der Waals surface area contributed by atoms with Crippen molar-refractivity contribution in [3.63, 3.8) is 0 Å². The van der Waals surface area contributed by atoms with Crippen LogP contribution in [0.15, 0.2) is 53.6 Å². The number of pyridine rings is 1. The van der Waals surface area contributed by atoms with Crippen molar-refractivity contribution in [2.45, 2.75) is 20.4 Å². The summed E-state index contributed by atoms with van der Waals surface area (Å²) >= 11 is 0. The largest absolute Gasteiger partial charge is 0.337 e. The number of aromatic amines is 1. The summed E-state index contributed by atoms with van der Waals surface area (Å²) in [5.41, 5.74) is 2.03. The lowest BCUT2D eigenvalue weighted by Gasteiger charge is -2.18. The van der Waals surface area contributed by atoms with Gasteiger partial charge < -0.3 is 9.88 Å². The second kappa shape index (κ2) is 7.41. The van der Waals surface area contributed by atoms with Gasteiger partial charge in [-0.15, -0.1) is 0 Å². The second-order valence-electron chi connectivity index (χ2n) is 6.39. The summed E-state index contributed by atoms with van der Waals surface area (Å²) < 4.78 is 1.73. The van der Waals surface area contributed by atoms with Crippen LogP contribution < -0.4 is 5.56 Å². The van der Waals surface area contributed by atoms with Gasteiger partial charge in [0.25, 0.3) is 11.5 Å². The number of hydrogen-bond acceptors (Lipinski definition) is 4. The number of carbonyl (C=O) groups is 2. The smallest absolute Gasteiger partial charge is 0.261 e. The van der Waals surface area contributed by atoms with E-state index in [1.165, 1.54) is 17.9 Å². The van der Waals surface area contributed by atoms with E-state index in [2.05, 4.69) is 10.1 Å². The van der Waals surface area contributed by atoms with Gasteiger partial charge in [0.15, 0.2) is 5.78 Å². The molecule has 0 spiro atoms. The number of carbonyl (C=O) groups excluding carboxylic acids is 2. The fourth-order valence-corrected chi connectivity index (χ4v) is 2.92. The van der Waals surface area contributed by atoms with Crippen LogP contribution in [-0.4, -0.2) is 38.4 Å². The van der Waals surface area contributed by atoms with Gasteiger partial charge >= 0.3 is 0 Å². The molecule has 0 aliphatic heterocycles.